The van der Waals surface area contributed by atoms with Gasteiger partial charge in [-0.15, -0.1) is 0 Å². The van der Waals surface area contributed by atoms with Gasteiger partial charge in [0.2, 0.25) is 0 Å². The van der Waals surface area contributed by atoms with Gasteiger partial charge in [0.05, 0.1) is 13.1 Å². The van der Waals surface area contributed by atoms with Crippen LogP contribution in [0.5, 0.6) is 11.5 Å². The van der Waals surface area contributed by atoms with Crippen molar-refractivity contribution in [3.8, 4) is 11.5 Å². The molecule has 0 fully saturated rings. The SMILES string of the molecule is Oc1c2cccc1CCCCCCCCc1cccc(c1O)C=NCCN=C2. The normalized spacial score (nSPS) is 16.6. The summed E-state index contributed by atoms with van der Waals surface area (Å²) in [5.74, 6) is 0.705. The average molecular weight is 379 g/mol. The van der Waals surface area contributed by atoms with Crippen molar-refractivity contribution in [2.45, 2.75) is 51.4 Å². The number of phenolic OH excluding ortho intramolecular Hbond substituents is 2. The summed E-state index contributed by atoms with van der Waals surface area (Å²) >= 11 is 0. The van der Waals surface area contributed by atoms with Crippen LogP contribution >= 0.6 is 0 Å². The average Bonchev–Trinajstić information content (AvgIpc) is 2.70. The van der Waals surface area contributed by atoms with Gasteiger partial charge in [-0.2, -0.15) is 0 Å². The quantitative estimate of drug-likeness (QED) is 0.672. The lowest BCUT2D eigenvalue weighted by atomic mass is 10.0. The molecule has 1 aliphatic rings. The number of hydrogen-bond donors (Lipinski definition) is 2. The Morgan fingerprint density at radius 1 is 0.571 bits per heavy atom. The third-order valence-electron chi connectivity index (χ3n) is 5.26. The molecule has 2 aromatic rings. The van der Waals surface area contributed by atoms with Crippen LogP contribution in [0.3, 0.4) is 0 Å². The van der Waals surface area contributed by atoms with E-state index in [1.165, 1.54) is 25.7 Å². The second-order valence-electron chi connectivity index (χ2n) is 7.40. The van der Waals surface area contributed by atoms with E-state index in [-0.39, 0.29) is 0 Å². The maximum atomic E-state index is 10.5. The third-order valence-corrected chi connectivity index (χ3v) is 5.26. The fraction of sp³-hybridized carbons (Fsp3) is 0.417. The molecule has 3 rings (SSSR count). The minimum absolute atomic E-state index is 0.353. The maximum Gasteiger partial charge on any atom is 0.127 e. The van der Waals surface area contributed by atoms with E-state index < -0.39 is 0 Å². The molecule has 0 spiro atoms. The Bertz CT molecular complexity index is 758. The molecule has 4 nitrogen and oxygen atoms in total. The molecule has 1 heterocycles. The number of rotatable bonds is 0. The largest absolute Gasteiger partial charge is 0.507 e. The molecule has 2 aromatic carbocycles. The summed E-state index contributed by atoms with van der Waals surface area (Å²) in [5, 5.41) is 20.9. The third kappa shape index (κ3) is 5.69. The van der Waals surface area contributed by atoms with Crippen molar-refractivity contribution in [2.75, 3.05) is 13.1 Å². The van der Waals surface area contributed by atoms with Crippen LogP contribution in [0.1, 0.15) is 60.8 Å². The van der Waals surface area contributed by atoms with Crippen LogP contribution in [-0.2, 0) is 12.8 Å². The molecule has 2 N–H and O–H groups in total. The van der Waals surface area contributed by atoms with Gasteiger partial charge in [-0.05, 0) is 48.9 Å². The Morgan fingerprint density at radius 2 is 1.00 bits per heavy atom. The first-order valence-corrected chi connectivity index (χ1v) is 10.4. The van der Waals surface area contributed by atoms with Gasteiger partial charge >= 0.3 is 0 Å². The highest BCUT2D eigenvalue weighted by molar-refractivity contribution is 5.85. The van der Waals surface area contributed by atoms with E-state index >= 15 is 0 Å². The van der Waals surface area contributed by atoms with E-state index in [9.17, 15) is 10.2 Å². The molecule has 4 bridgehead atoms. The summed E-state index contributed by atoms with van der Waals surface area (Å²) in [6, 6.07) is 11.8. The van der Waals surface area contributed by atoms with Crippen LogP contribution < -0.4 is 0 Å². The minimum Gasteiger partial charge on any atom is -0.507 e. The van der Waals surface area contributed by atoms with Crippen LogP contribution in [0.2, 0.25) is 0 Å². The van der Waals surface area contributed by atoms with Crippen molar-refractivity contribution >= 4 is 12.4 Å². The first-order chi connectivity index (χ1) is 13.8. The van der Waals surface area contributed by atoms with Crippen molar-refractivity contribution < 1.29 is 10.2 Å². The van der Waals surface area contributed by atoms with Gasteiger partial charge < -0.3 is 10.2 Å². The number of aryl methyl sites for hydroxylation is 2. The molecule has 0 saturated carbocycles. The fourth-order valence-electron chi connectivity index (χ4n) is 3.61. The first kappa shape index (κ1) is 20.1. The van der Waals surface area contributed by atoms with Crippen LogP contribution in [0.15, 0.2) is 46.4 Å². The zero-order chi connectivity index (χ0) is 19.6. The molecule has 0 atom stereocenters. The van der Waals surface area contributed by atoms with E-state index in [2.05, 4.69) is 9.98 Å². The predicted octanol–water partition coefficient (Wildman–Crippen LogP) is 5.08. The highest BCUT2D eigenvalue weighted by Gasteiger charge is 2.07. The number of fused-ring (bicyclic) bond motifs is 4. The van der Waals surface area contributed by atoms with Gasteiger partial charge in [0.25, 0.3) is 0 Å². The molecule has 148 valence electrons. The molecule has 0 radical (unpaired) electrons. The molecular formula is C24H30N2O2. The van der Waals surface area contributed by atoms with Crippen molar-refractivity contribution in [2.24, 2.45) is 9.98 Å². The van der Waals surface area contributed by atoms with Crippen molar-refractivity contribution in [1.29, 1.82) is 0 Å². The van der Waals surface area contributed by atoms with Crippen molar-refractivity contribution in [1.82, 2.24) is 0 Å². The van der Waals surface area contributed by atoms with Gasteiger partial charge in [0.1, 0.15) is 11.5 Å². The zero-order valence-electron chi connectivity index (χ0n) is 16.5. The molecule has 28 heavy (non-hydrogen) atoms. The van der Waals surface area contributed by atoms with Crippen molar-refractivity contribution in [3.05, 3.63) is 58.7 Å². The number of para-hydroxylation sites is 2. The predicted molar refractivity (Wildman–Crippen MR) is 116 cm³/mol. The van der Waals surface area contributed by atoms with E-state index in [0.29, 0.717) is 24.6 Å². The topological polar surface area (TPSA) is 65.2 Å². The summed E-state index contributed by atoms with van der Waals surface area (Å²) in [6.07, 6.45) is 12.2. The summed E-state index contributed by atoms with van der Waals surface area (Å²) in [7, 11) is 0. The standard InChI is InChI=1S/C24H30N2O2/c27-23-19-9-5-3-1-2-4-6-10-20-12-8-14-22(24(20)28)18-26-16-15-25-17-21(23)13-7-11-19/h7-8,11-14,17-18,27-28H,1-6,9-10,15-16H2. The van der Waals surface area contributed by atoms with E-state index in [1.807, 2.05) is 36.4 Å². The van der Waals surface area contributed by atoms with E-state index in [4.69, 9.17) is 0 Å². The summed E-state index contributed by atoms with van der Waals surface area (Å²) in [5.41, 5.74) is 3.54. The summed E-state index contributed by atoms with van der Waals surface area (Å²) in [6.45, 7) is 1.08. The van der Waals surface area contributed by atoms with Crippen LogP contribution in [0.25, 0.3) is 0 Å². The van der Waals surface area contributed by atoms with Gasteiger partial charge in [-0.3, -0.25) is 9.98 Å². The lowest BCUT2D eigenvalue weighted by molar-refractivity contribution is 0.463. The number of nitrogens with zero attached hydrogens (tertiary/aromatic N) is 2. The molecule has 0 unspecified atom stereocenters. The van der Waals surface area contributed by atoms with Crippen molar-refractivity contribution in [3.63, 3.8) is 0 Å². The molecular weight excluding hydrogens is 348 g/mol. The molecule has 0 saturated heterocycles. The maximum absolute atomic E-state index is 10.5. The number of aliphatic imine (C=N–C) groups is 2. The Kier molecular flexibility index (Phi) is 7.65. The number of hydrogen-bond acceptors (Lipinski definition) is 4. The van der Waals surface area contributed by atoms with Gasteiger partial charge in [0.15, 0.2) is 0 Å². The second-order valence-corrected chi connectivity index (χ2v) is 7.40. The van der Waals surface area contributed by atoms with Crippen LogP contribution in [0, 0.1) is 0 Å². The lowest BCUT2D eigenvalue weighted by Crippen LogP contribution is -1.95. The number of benzene rings is 2. The van der Waals surface area contributed by atoms with E-state index in [0.717, 1.165) is 47.9 Å². The second kappa shape index (κ2) is 10.6. The smallest absolute Gasteiger partial charge is 0.127 e. The molecule has 1 aliphatic heterocycles. The molecule has 0 amide bonds. The Balaban J connectivity index is 1.72. The van der Waals surface area contributed by atoms with Gasteiger partial charge in [-0.25, -0.2) is 0 Å². The highest BCUT2D eigenvalue weighted by atomic mass is 16.3. The Morgan fingerprint density at radius 3 is 1.46 bits per heavy atom. The molecule has 0 aromatic heterocycles. The van der Waals surface area contributed by atoms with Gasteiger partial charge in [0, 0.05) is 23.6 Å². The molecule has 4 heteroatoms. The Labute approximate surface area is 167 Å². The lowest BCUT2D eigenvalue weighted by Gasteiger charge is -2.08. The Hall–Kier alpha value is -2.62. The molecule has 0 aliphatic carbocycles. The summed E-state index contributed by atoms with van der Waals surface area (Å²) < 4.78 is 0. The fourth-order valence-corrected chi connectivity index (χ4v) is 3.61. The minimum atomic E-state index is 0.353. The van der Waals surface area contributed by atoms with Crippen LogP contribution in [0.4, 0.5) is 0 Å². The summed E-state index contributed by atoms with van der Waals surface area (Å²) in [4.78, 5) is 8.78. The van der Waals surface area contributed by atoms with Gasteiger partial charge in [-0.1, -0.05) is 49.9 Å². The number of phenols is 2. The van der Waals surface area contributed by atoms with E-state index in [1.54, 1.807) is 12.4 Å². The zero-order valence-corrected chi connectivity index (χ0v) is 16.5. The van der Waals surface area contributed by atoms with Crippen LogP contribution in [-0.4, -0.2) is 35.7 Å². The first-order valence-electron chi connectivity index (χ1n) is 10.4. The monoisotopic (exact) mass is 378 g/mol. The highest BCUT2D eigenvalue weighted by Crippen LogP contribution is 2.25. The number of aromatic hydroxyl groups is 2.